The van der Waals surface area contributed by atoms with Crippen LogP contribution < -0.4 is 9.64 Å². The molecule has 4 rings (SSSR count). The predicted molar refractivity (Wildman–Crippen MR) is 101 cm³/mol. The minimum absolute atomic E-state index is 0.675. The van der Waals surface area contributed by atoms with E-state index in [9.17, 15) is 0 Å². The number of aromatic nitrogens is 2. The van der Waals surface area contributed by atoms with Crippen LogP contribution in [0.25, 0.3) is 10.9 Å². The van der Waals surface area contributed by atoms with Gasteiger partial charge in [-0.25, -0.2) is 9.97 Å². The monoisotopic (exact) mass is 340 g/mol. The second kappa shape index (κ2) is 7.16. The molecule has 1 aromatic carbocycles. The van der Waals surface area contributed by atoms with Gasteiger partial charge >= 0.3 is 0 Å². The van der Waals surface area contributed by atoms with Crippen molar-refractivity contribution in [2.75, 3.05) is 37.7 Å². The molecular weight excluding hydrogens is 312 g/mol. The Morgan fingerprint density at radius 3 is 2.72 bits per heavy atom. The molecule has 1 aliphatic carbocycles. The molecule has 2 heterocycles. The summed E-state index contributed by atoms with van der Waals surface area (Å²) in [5, 5.41) is 1.08. The lowest BCUT2D eigenvalue weighted by atomic mass is 9.91. The molecule has 0 spiro atoms. The molecule has 1 saturated heterocycles. The highest BCUT2D eigenvalue weighted by Gasteiger charge is 2.27. The van der Waals surface area contributed by atoms with Gasteiger partial charge in [0.05, 0.1) is 17.8 Å². The summed E-state index contributed by atoms with van der Waals surface area (Å²) in [6, 6.07) is 6.94. The molecule has 0 unspecified atom stereocenters. The first-order valence-corrected chi connectivity index (χ1v) is 9.65. The van der Waals surface area contributed by atoms with Gasteiger partial charge in [0.25, 0.3) is 0 Å². The van der Waals surface area contributed by atoms with Gasteiger partial charge in [-0.2, -0.15) is 0 Å². The Balaban J connectivity index is 1.55. The van der Waals surface area contributed by atoms with E-state index in [1.54, 1.807) is 0 Å². The van der Waals surface area contributed by atoms with Crippen LogP contribution in [0.15, 0.2) is 18.2 Å². The van der Waals surface area contributed by atoms with Gasteiger partial charge in [-0.1, -0.05) is 6.42 Å². The van der Waals surface area contributed by atoms with Gasteiger partial charge < -0.3 is 9.64 Å². The number of ether oxygens (including phenoxy) is 1. The average molecular weight is 340 g/mol. The van der Waals surface area contributed by atoms with Crippen LogP contribution in [-0.4, -0.2) is 53.7 Å². The maximum Gasteiger partial charge on any atom is 0.226 e. The summed E-state index contributed by atoms with van der Waals surface area (Å²) in [6.45, 7) is 9.17. The quantitative estimate of drug-likeness (QED) is 0.853. The van der Waals surface area contributed by atoms with Crippen LogP contribution >= 0.6 is 0 Å². The van der Waals surface area contributed by atoms with E-state index in [0.29, 0.717) is 6.61 Å². The van der Waals surface area contributed by atoms with Gasteiger partial charge in [0, 0.05) is 37.6 Å². The molecule has 1 saturated carbocycles. The molecule has 0 bridgehead atoms. The molecule has 25 heavy (non-hydrogen) atoms. The molecule has 2 aromatic rings. The molecule has 0 N–H and O–H groups in total. The van der Waals surface area contributed by atoms with Gasteiger partial charge in [0.2, 0.25) is 5.95 Å². The van der Waals surface area contributed by atoms with Gasteiger partial charge in [0.1, 0.15) is 5.75 Å². The summed E-state index contributed by atoms with van der Waals surface area (Å²) in [5.41, 5.74) is 2.03. The van der Waals surface area contributed by atoms with Crippen molar-refractivity contribution >= 4 is 16.9 Å². The summed E-state index contributed by atoms with van der Waals surface area (Å²) < 4.78 is 5.61. The van der Waals surface area contributed by atoms with Crippen molar-refractivity contribution in [1.82, 2.24) is 14.9 Å². The van der Waals surface area contributed by atoms with Crippen molar-refractivity contribution < 1.29 is 4.74 Å². The summed E-state index contributed by atoms with van der Waals surface area (Å²) in [6.07, 6.45) is 5.36. The summed E-state index contributed by atoms with van der Waals surface area (Å²) >= 11 is 0. The van der Waals surface area contributed by atoms with E-state index < -0.39 is 0 Å². The smallest absolute Gasteiger partial charge is 0.226 e. The normalized spacial score (nSPS) is 19.7. The average Bonchev–Trinajstić information content (AvgIpc) is 2.80. The van der Waals surface area contributed by atoms with Crippen LogP contribution in [0.1, 0.15) is 38.3 Å². The lowest BCUT2D eigenvalue weighted by Gasteiger charge is -2.36. The summed E-state index contributed by atoms with van der Waals surface area (Å²) in [5.74, 6) is 1.77. The van der Waals surface area contributed by atoms with Crippen LogP contribution in [0, 0.1) is 6.92 Å². The van der Waals surface area contributed by atoms with Gasteiger partial charge in [-0.15, -0.1) is 0 Å². The van der Waals surface area contributed by atoms with Gasteiger partial charge in [-0.3, -0.25) is 4.90 Å². The molecule has 0 amide bonds. The SMILES string of the molecule is CCOc1ccc2nc(N3CCCN(C4CCC4)CC3)nc(C)c2c1. The van der Waals surface area contributed by atoms with E-state index in [1.807, 2.05) is 13.0 Å². The molecule has 2 aliphatic rings. The van der Waals surface area contributed by atoms with Gasteiger partial charge in [-0.05, 0) is 51.3 Å². The first-order chi connectivity index (χ1) is 12.2. The van der Waals surface area contributed by atoms with E-state index in [0.717, 1.165) is 54.0 Å². The summed E-state index contributed by atoms with van der Waals surface area (Å²) in [4.78, 5) is 14.7. The number of hydrogen-bond donors (Lipinski definition) is 0. The zero-order chi connectivity index (χ0) is 17.2. The van der Waals surface area contributed by atoms with Crippen LogP contribution in [0.3, 0.4) is 0 Å². The van der Waals surface area contributed by atoms with E-state index in [4.69, 9.17) is 14.7 Å². The van der Waals surface area contributed by atoms with E-state index in [1.165, 1.54) is 32.2 Å². The zero-order valence-corrected chi connectivity index (χ0v) is 15.4. The minimum atomic E-state index is 0.675. The second-order valence-electron chi connectivity index (χ2n) is 7.18. The Hall–Kier alpha value is -1.88. The fourth-order valence-electron chi connectivity index (χ4n) is 3.90. The number of fused-ring (bicyclic) bond motifs is 1. The zero-order valence-electron chi connectivity index (χ0n) is 15.4. The fraction of sp³-hybridized carbons (Fsp3) is 0.600. The Bertz CT molecular complexity index is 744. The highest BCUT2D eigenvalue weighted by Crippen LogP contribution is 2.27. The highest BCUT2D eigenvalue weighted by atomic mass is 16.5. The van der Waals surface area contributed by atoms with Crippen molar-refractivity contribution in [1.29, 1.82) is 0 Å². The van der Waals surface area contributed by atoms with Gasteiger partial charge in [0.15, 0.2) is 0 Å². The number of aryl methyl sites for hydroxylation is 1. The maximum atomic E-state index is 5.61. The molecule has 1 aromatic heterocycles. The number of rotatable bonds is 4. The number of anilines is 1. The summed E-state index contributed by atoms with van der Waals surface area (Å²) in [7, 11) is 0. The Morgan fingerprint density at radius 1 is 1.08 bits per heavy atom. The van der Waals surface area contributed by atoms with Crippen molar-refractivity contribution in [3.8, 4) is 5.75 Å². The van der Waals surface area contributed by atoms with Crippen molar-refractivity contribution in [3.63, 3.8) is 0 Å². The highest BCUT2D eigenvalue weighted by molar-refractivity contribution is 5.83. The standard InChI is InChI=1S/C20H28N4O/c1-3-25-17-8-9-19-18(14-17)15(2)21-20(22-19)24-11-5-10-23(12-13-24)16-6-4-7-16/h8-9,14,16H,3-7,10-13H2,1-2H3. The van der Waals surface area contributed by atoms with Crippen LogP contribution in [0.2, 0.25) is 0 Å². The largest absolute Gasteiger partial charge is 0.494 e. The molecule has 5 nitrogen and oxygen atoms in total. The van der Waals surface area contributed by atoms with E-state index in [-0.39, 0.29) is 0 Å². The molecule has 5 heteroatoms. The van der Waals surface area contributed by atoms with Crippen molar-refractivity contribution in [3.05, 3.63) is 23.9 Å². The first kappa shape index (κ1) is 16.6. The molecule has 2 fully saturated rings. The van der Waals surface area contributed by atoms with Crippen molar-refractivity contribution in [2.45, 2.75) is 45.6 Å². The molecule has 1 aliphatic heterocycles. The van der Waals surface area contributed by atoms with E-state index in [2.05, 4.69) is 28.9 Å². The predicted octanol–water partition coefficient (Wildman–Crippen LogP) is 3.40. The Labute approximate surface area is 150 Å². The van der Waals surface area contributed by atoms with E-state index >= 15 is 0 Å². The maximum absolute atomic E-state index is 5.61. The Kier molecular flexibility index (Phi) is 4.75. The van der Waals surface area contributed by atoms with Crippen LogP contribution in [0.4, 0.5) is 5.95 Å². The van der Waals surface area contributed by atoms with Crippen LogP contribution in [0.5, 0.6) is 5.75 Å². The second-order valence-corrected chi connectivity index (χ2v) is 7.18. The lowest BCUT2D eigenvalue weighted by Crippen LogP contribution is -2.42. The minimum Gasteiger partial charge on any atom is -0.494 e. The number of nitrogens with zero attached hydrogens (tertiary/aromatic N) is 4. The third kappa shape index (κ3) is 3.43. The molecule has 134 valence electrons. The third-order valence-electron chi connectivity index (χ3n) is 5.56. The lowest BCUT2D eigenvalue weighted by molar-refractivity contribution is 0.136. The fourth-order valence-corrected chi connectivity index (χ4v) is 3.90. The number of benzene rings is 1. The molecule has 0 radical (unpaired) electrons. The molecule has 0 atom stereocenters. The molecular formula is C20H28N4O. The Morgan fingerprint density at radius 2 is 1.96 bits per heavy atom. The van der Waals surface area contributed by atoms with Crippen molar-refractivity contribution in [2.24, 2.45) is 0 Å². The first-order valence-electron chi connectivity index (χ1n) is 9.65. The third-order valence-corrected chi connectivity index (χ3v) is 5.56. The number of hydrogen-bond acceptors (Lipinski definition) is 5. The van der Waals surface area contributed by atoms with Crippen LogP contribution in [-0.2, 0) is 0 Å². The topological polar surface area (TPSA) is 41.5 Å².